The Labute approximate surface area is 112 Å². The van der Waals surface area contributed by atoms with Crippen LogP contribution in [0.4, 0.5) is 0 Å². The van der Waals surface area contributed by atoms with E-state index in [0.29, 0.717) is 6.10 Å². The predicted molar refractivity (Wildman–Crippen MR) is 75.6 cm³/mol. The maximum atomic E-state index is 6.22. The normalized spacial score (nSPS) is 40.0. The van der Waals surface area contributed by atoms with Crippen molar-refractivity contribution in [3.63, 3.8) is 0 Å². The first-order chi connectivity index (χ1) is 8.62. The Balaban J connectivity index is 2.07. The molecule has 0 aromatic carbocycles. The molecular weight excluding hydrogens is 224 g/mol. The third kappa shape index (κ3) is 2.59. The summed E-state index contributed by atoms with van der Waals surface area (Å²) in [5.41, 5.74) is 6.48. The Morgan fingerprint density at radius 2 is 1.83 bits per heavy atom. The highest BCUT2D eigenvalue weighted by atomic mass is 16.5. The highest BCUT2D eigenvalue weighted by molar-refractivity contribution is 5.01. The van der Waals surface area contributed by atoms with Crippen molar-refractivity contribution in [1.29, 1.82) is 0 Å². The van der Waals surface area contributed by atoms with E-state index in [1.807, 2.05) is 7.11 Å². The van der Waals surface area contributed by atoms with Crippen molar-refractivity contribution in [2.45, 2.75) is 57.6 Å². The van der Waals surface area contributed by atoms with E-state index in [4.69, 9.17) is 10.5 Å². The average molecular weight is 254 g/mol. The summed E-state index contributed by atoms with van der Waals surface area (Å²) < 4.78 is 5.48. The minimum atomic E-state index is 0.260. The number of hydrogen-bond donors (Lipinski definition) is 1. The molecule has 0 amide bonds. The molecule has 0 bridgehead atoms. The molecule has 106 valence electrons. The fraction of sp³-hybridized carbons (Fsp3) is 1.00. The summed E-state index contributed by atoms with van der Waals surface area (Å²) >= 11 is 0. The third-order valence-corrected chi connectivity index (χ3v) is 5.47. The molecule has 0 spiro atoms. The highest BCUT2D eigenvalue weighted by Gasteiger charge is 2.44. The molecule has 3 nitrogen and oxygen atoms in total. The molecule has 0 aromatic heterocycles. The Bertz CT molecular complexity index is 263. The van der Waals surface area contributed by atoms with Gasteiger partial charge in [0.25, 0.3) is 0 Å². The smallest absolute Gasteiger partial charge is 0.0595 e. The molecule has 2 rings (SSSR count). The number of methoxy groups -OCH3 is 1. The second kappa shape index (κ2) is 5.89. The molecule has 3 heteroatoms. The molecule has 3 unspecified atom stereocenters. The Kier molecular flexibility index (Phi) is 4.68. The van der Waals surface area contributed by atoms with Crippen molar-refractivity contribution < 1.29 is 4.74 Å². The predicted octanol–water partition coefficient (Wildman–Crippen LogP) is 2.25. The summed E-state index contributed by atoms with van der Waals surface area (Å²) in [5.74, 6) is 1.56. The number of piperidine rings is 1. The third-order valence-electron chi connectivity index (χ3n) is 5.47. The lowest BCUT2D eigenvalue weighted by molar-refractivity contribution is -0.0472. The first-order valence-corrected chi connectivity index (χ1v) is 7.60. The van der Waals surface area contributed by atoms with Crippen molar-refractivity contribution >= 4 is 0 Å². The molecule has 2 aliphatic rings. The largest absolute Gasteiger partial charge is 0.381 e. The molecular formula is C15H30N2O. The second-order valence-electron chi connectivity index (χ2n) is 6.52. The van der Waals surface area contributed by atoms with Gasteiger partial charge in [-0.05, 0) is 37.5 Å². The second-order valence-corrected chi connectivity index (χ2v) is 6.52. The number of nitrogens with zero attached hydrogens (tertiary/aromatic N) is 1. The minimum Gasteiger partial charge on any atom is -0.381 e. The molecule has 1 aliphatic carbocycles. The van der Waals surface area contributed by atoms with E-state index >= 15 is 0 Å². The van der Waals surface area contributed by atoms with Crippen molar-refractivity contribution in [2.75, 3.05) is 26.7 Å². The standard InChI is InChI=1S/C15H30N2O/c1-12-4-5-13(2)15(10-12,11-16)17-8-6-14(18-3)7-9-17/h12-14H,4-11,16H2,1-3H3. The van der Waals surface area contributed by atoms with Gasteiger partial charge >= 0.3 is 0 Å². The SMILES string of the molecule is COC1CCN(C2(CN)CC(C)CCC2C)CC1. The van der Waals surface area contributed by atoms with Crippen LogP contribution in [0.1, 0.15) is 46.0 Å². The van der Waals surface area contributed by atoms with Gasteiger partial charge in [-0.2, -0.15) is 0 Å². The fourth-order valence-electron chi connectivity index (χ4n) is 4.10. The molecule has 18 heavy (non-hydrogen) atoms. The molecule has 1 saturated carbocycles. The summed E-state index contributed by atoms with van der Waals surface area (Å²) in [5, 5.41) is 0. The van der Waals surface area contributed by atoms with Crippen LogP contribution in [0.3, 0.4) is 0 Å². The van der Waals surface area contributed by atoms with Gasteiger partial charge in [-0.25, -0.2) is 0 Å². The molecule has 2 N–H and O–H groups in total. The number of hydrogen-bond acceptors (Lipinski definition) is 3. The lowest BCUT2D eigenvalue weighted by Crippen LogP contribution is -2.62. The molecule has 1 aliphatic heterocycles. The van der Waals surface area contributed by atoms with Crippen LogP contribution in [0.25, 0.3) is 0 Å². The van der Waals surface area contributed by atoms with Gasteiger partial charge in [0.2, 0.25) is 0 Å². The molecule has 3 atom stereocenters. The molecule has 1 heterocycles. The van der Waals surface area contributed by atoms with Crippen molar-refractivity contribution in [3.05, 3.63) is 0 Å². The topological polar surface area (TPSA) is 38.5 Å². The van der Waals surface area contributed by atoms with E-state index in [-0.39, 0.29) is 5.54 Å². The molecule has 2 fully saturated rings. The molecule has 0 radical (unpaired) electrons. The van der Waals surface area contributed by atoms with Crippen LogP contribution in [-0.4, -0.2) is 43.3 Å². The lowest BCUT2D eigenvalue weighted by atomic mass is 9.68. The van der Waals surface area contributed by atoms with Crippen molar-refractivity contribution in [3.8, 4) is 0 Å². The maximum absolute atomic E-state index is 6.22. The summed E-state index contributed by atoms with van der Waals surface area (Å²) in [4.78, 5) is 2.68. The van der Waals surface area contributed by atoms with Crippen LogP contribution in [0.15, 0.2) is 0 Å². The van der Waals surface area contributed by atoms with Crippen molar-refractivity contribution in [1.82, 2.24) is 4.90 Å². The zero-order valence-electron chi connectivity index (χ0n) is 12.3. The van der Waals surface area contributed by atoms with E-state index in [0.717, 1.165) is 31.5 Å². The van der Waals surface area contributed by atoms with Gasteiger partial charge in [0.1, 0.15) is 0 Å². The molecule has 1 saturated heterocycles. The quantitative estimate of drug-likeness (QED) is 0.839. The van der Waals surface area contributed by atoms with Gasteiger partial charge in [0, 0.05) is 32.3 Å². The van der Waals surface area contributed by atoms with Gasteiger partial charge in [-0.3, -0.25) is 4.90 Å². The van der Waals surface area contributed by atoms with E-state index in [9.17, 15) is 0 Å². The van der Waals surface area contributed by atoms with Crippen molar-refractivity contribution in [2.24, 2.45) is 17.6 Å². The zero-order chi connectivity index (χ0) is 13.2. The average Bonchev–Trinajstić information content (AvgIpc) is 2.42. The van der Waals surface area contributed by atoms with Gasteiger partial charge in [-0.15, -0.1) is 0 Å². The van der Waals surface area contributed by atoms with E-state index in [1.165, 1.54) is 32.1 Å². The van der Waals surface area contributed by atoms with Crippen LogP contribution in [0, 0.1) is 11.8 Å². The van der Waals surface area contributed by atoms with Crippen LogP contribution in [0.5, 0.6) is 0 Å². The van der Waals surface area contributed by atoms with Crippen LogP contribution in [-0.2, 0) is 4.74 Å². The highest BCUT2D eigenvalue weighted by Crippen LogP contribution is 2.41. The van der Waals surface area contributed by atoms with E-state index < -0.39 is 0 Å². The Morgan fingerprint density at radius 3 is 2.39 bits per heavy atom. The first kappa shape index (κ1) is 14.3. The first-order valence-electron chi connectivity index (χ1n) is 7.60. The van der Waals surface area contributed by atoms with E-state index in [2.05, 4.69) is 18.7 Å². The number of rotatable bonds is 3. The summed E-state index contributed by atoms with van der Waals surface area (Å²) in [7, 11) is 1.84. The fourth-order valence-corrected chi connectivity index (χ4v) is 4.10. The summed E-state index contributed by atoms with van der Waals surface area (Å²) in [6.45, 7) is 7.93. The van der Waals surface area contributed by atoms with Crippen LogP contribution in [0.2, 0.25) is 0 Å². The Hall–Kier alpha value is -0.120. The van der Waals surface area contributed by atoms with Crippen LogP contribution >= 0.6 is 0 Å². The minimum absolute atomic E-state index is 0.260. The van der Waals surface area contributed by atoms with E-state index in [1.54, 1.807) is 0 Å². The van der Waals surface area contributed by atoms with Gasteiger partial charge in [0.05, 0.1) is 6.10 Å². The summed E-state index contributed by atoms with van der Waals surface area (Å²) in [6.07, 6.45) is 6.79. The molecule has 0 aromatic rings. The monoisotopic (exact) mass is 254 g/mol. The number of nitrogens with two attached hydrogens (primary N) is 1. The van der Waals surface area contributed by atoms with Gasteiger partial charge < -0.3 is 10.5 Å². The van der Waals surface area contributed by atoms with Gasteiger partial charge in [0.15, 0.2) is 0 Å². The Morgan fingerprint density at radius 1 is 1.17 bits per heavy atom. The number of likely N-dealkylation sites (tertiary alicyclic amines) is 1. The lowest BCUT2D eigenvalue weighted by Gasteiger charge is -2.53. The van der Waals surface area contributed by atoms with Gasteiger partial charge in [-0.1, -0.05) is 20.3 Å². The zero-order valence-corrected chi connectivity index (χ0v) is 12.3. The van der Waals surface area contributed by atoms with Crippen LogP contribution < -0.4 is 5.73 Å². The maximum Gasteiger partial charge on any atom is 0.0595 e. The number of ether oxygens (including phenoxy) is 1. The summed E-state index contributed by atoms with van der Waals surface area (Å²) in [6, 6.07) is 0.